The van der Waals surface area contributed by atoms with E-state index in [4.69, 9.17) is 4.98 Å². The molecule has 1 amide bonds. The fourth-order valence-corrected chi connectivity index (χ4v) is 3.96. The average Bonchev–Trinajstić information content (AvgIpc) is 3.62. The molecule has 0 atom stereocenters. The number of rotatable bonds is 7. The van der Waals surface area contributed by atoms with Gasteiger partial charge in [-0.3, -0.25) is 4.79 Å². The lowest BCUT2D eigenvalue weighted by Crippen LogP contribution is -2.22. The van der Waals surface area contributed by atoms with E-state index in [9.17, 15) is 10.1 Å². The lowest BCUT2D eigenvalue weighted by atomic mass is 10.1. The van der Waals surface area contributed by atoms with Crippen molar-refractivity contribution in [1.82, 2.24) is 24.4 Å². The highest BCUT2D eigenvalue weighted by atomic mass is 16.2. The van der Waals surface area contributed by atoms with Gasteiger partial charge in [0.2, 0.25) is 5.91 Å². The van der Waals surface area contributed by atoms with E-state index < -0.39 is 0 Å². The summed E-state index contributed by atoms with van der Waals surface area (Å²) in [5, 5.41) is 12.4. The Balaban J connectivity index is 1.45. The topological polar surface area (TPSA) is 99.7 Å². The summed E-state index contributed by atoms with van der Waals surface area (Å²) in [5.41, 5.74) is 5.49. The molecule has 3 heterocycles. The van der Waals surface area contributed by atoms with Gasteiger partial charge in [-0.2, -0.15) is 5.26 Å². The van der Waals surface area contributed by atoms with Crippen molar-refractivity contribution in [1.29, 1.82) is 5.26 Å². The number of anilines is 2. The van der Waals surface area contributed by atoms with Gasteiger partial charge in [-0.1, -0.05) is 6.07 Å². The molecule has 8 nitrogen and oxygen atoms in total. The zero-order chi connectivity index (χ0) is 23.7. The average molecular weight is 452 g/mol. The van der Waals surface area contributed by atoms with Gasteiger partial charge in [0.05, 0.1) is 34.7 Å². The monoisotopic (exact) mass is 451 g/mol. The molecule has 1 fully saturated rings. The number of hydrogen-bond donors (Lipinski definition) is 1. The van der Waals surface area contributed by atoms with Crippen LogP contribution in [0.5, 0.6) is 0 Å². The molecule has 34 heavy (non-hydrogen) atoms. The molecule has 0 bridgehead atoms. The zero-order valence-electron chi connectivity index (χ0n) is 19.2. The Hall–Kier alpha value is -4.25. The molecular weight excluding hydrogens is 426 g/mol. The van der Waals surface area contributed by atoms with E-state index in [1.54, 1.807) is 43.7 Å². The number of imidazole rings is 1. The van der Waals surface area contributed by atoms with E-state index in [0.29, 0.717) is 36.1 Å². The number of aromatic nitrogens is 4. The van der Waals surface area contributed by atoms with Gasteiger partial charge in [0.1, 0.15) is 11.6 Å². The van der Waals surface area contributed by atoms with Crippen molar-refractivity contribution in [2.45, 2.75) is 31.7 Å². The van der Waals surface area contributed by atoms with Crippen LogP contribution in [0.15, 0.2) is 55.0 Å². The third-order valence-electron chi connectivity index (χ3n) is 6.02. The predicted octanol–water partition coefficient (Wildman–Crippen LogP) is 4.46. The van der Waals surface area contributed by atoms with Crippen LogP contribution in [0.25, 0.3) is 22.3 Å². The first kappa shape index (κ1) is 21.6. The standard InChI is InChI=1S/C26H25N7O/c1-32(2)26(34)8-10-33-16-29-22-12-19(5-6-23(22)33)21-13-20(18-3-4-18)14-25(30-21)31-24-11-17(15-27)7-9-28-24/h5-7,9,11-14,16,18H,3-4,8,10H2,1-2H3,(H,28,30,31). The largest absolute Gasteiger partial charge is 0.349 e. The Bertz CT molecular complexity index is 1410. The van der Waals surface area contributed by atoms with Gasteiger partial charge in [-0.15, -0.1) is 0 Å². The second-order valence-electron chi connectivity index (χ2n) is 8.79. The fraction of sp³-hybridized carbons (Fsp3) is 0.269. The number of carbonyl (C=O) groups excluding carboxylic acids is 1. The molecule has 1 N–H and O–H groups in total. The lowest BCUT2D eigenvalue weighted by molar-refractivity contribution is -0.128. The van der Waals surface area contributed by atoms with Crippen molar-refractivity contribution in [3.63, 3.8) is 0 Å². The van der Waals surface area contributed by atoms with E-state index in [2.05, 4.69) is 33.5 Å². The van der Waals surface area contributed by atoms with Crippen LogP contribution in [0.4, 0.5) is 11.6 Å². The molecular formula is C26H25N7O. The van der Waals surface area contributed by atoms with Crippen molar-refractivity contribution in [3.05, 3.63) is 66.1 Å². The molecule has 5 rings (SSSR count). The van der Waals surface area contributed by atoms with Crippen LogP contribution >= 0.6 is 0 Å². The van der Waals surface area contributed by atoms with Crippen LogP contribution in [-0.2, 0) is 11.3 Å². The molecule has 0 spiro atoms. The molecule has 1 aromatic carbocycles. The van der Waals surface area contributed by atoms with Crippen molar-refractivity contribution in [2.75, 3.05) is 19.4 Å². The smallest absolute Gasteiger partial charge is 0.223 e. The summed E-state index contributed by atoms with van der Waals surface area (Å²) in [6, 6.07) is 15.9. The number of carbonyl (C=O) groups is 1. The number of pyridine rings is 2. The van der Waals surface area contributed by atoms with Crippen molar-refractivity contribution in [2.24, 2.45) is 0 Å². The number of nitrogens with zero attached hydrogens (tertiary/aromatic N) is 6. The van der Waals surface area contributed by atoms with E-state index in [1.165, 1.54) is 18.4 Å². The highest BCUT2D eigenvalue weighted by Gasteiger charge is 2.25. The Morgan fingerprint density at radius 3 is 2.76 bits per heavy atom. The summed E-state index contributed by atoms with van der Waals surface area (Å²) in [6.45, 7) is 0.588. The van der Waals surface area contributed by atoms with Crippen molar-refractivity contribution in [3.8, 4) is 17.3 Å². The van der Waals surface area contributed by atoms with E-state index in [0.717, 1.165) is 22.3 Å². The number of benzene rings is 1. The molecule has 0 aliphatic heterocycles. The highest BCUT2D eigenvalue weighted by Crippen LogP contribution is 2.42. The van der Waals surface area contributed by atoms with Crippen molar-refractivity contribution < 1.29 is 4.79 Å². The van der Waals surface area contributed by atoms with Gasteiger partial charge in [0.15, 0.2) is 0 Å². The summed E-state index contributed by atoms with van der Waals surface area (Å²) in [6.07, 6.45) is 6.19. The lowest BCUT2D eigenvalue weighted by Gasteiger charge is -2.12. The number of nitriles is 1. The second kappa shape index (κ2) is 8.94. The maximum Gasteiger partial charge on any atom is 0.223 e. The first-order valence-corrected chi connectivity index (χ1v) is 11.3. The van der Waals surface area contributed by atoms with Gasteiger partial charge in [0, 0.05) is 38.8 Å². The van der Waals surface area contributed by atoms with Crippen LogP contribution in [0.3, 0.4) is 0 Å². The molecule has 3 aromatic heterocycles. The number of nitrogens with one attached hydrogen (secondary N) is 1. The predicted molar refractivity (Wildman–Crippen MR) is 130 cm³/mol. The number of amides is 1. The fourth-order valence-electron chi connectivity index (χ4n) is 3.96. The molecule has 1 saturated carbocycles. The number of fused-ring (bicyclic) bond motifs is 1. The Morgan fingerprint density at radius 2 is 2.00 bits per heavy atom. The van der Waals surface area contributed by atoms with E-state index in [-0.39, 0.29) is 5.91 Å². The van der Waals surface area contributed by atoms with E-state index >= 15 is 0 Å². The molecule has 0 radical (unpaired) electrons. The summed E-state index contributed by atoms with van der Waals surface area (Å²) in [7, 11) is 3.53. The molecule has 0 unspecified atom stereocenters. The first-order valence-electron chi connectivity index (χ1n) is 11.3. The maximum absolute atomic E-state index is 12.0. The molecule has 1 aliphatic rings. The Kier molecular flexibility index (Phi) is 5.68. The van der Waals surface area contributed by atoms with Gasteiger partial charge in [-0.25, -0.2) is 15.0 Å². The molecule has 0 saturated heterocycles. The molecule has 8 heteroatoms. The van der Waals surface area contributed by atoms with Crippen LogP contribution in [-0.4, -0.2) is 44.4 Å². The molecule has 4 aromatic rings. The normalized spacial score (nSPS) is 13.0. The summed E-state index contributed by atoms with van der Waals surface area (Å²) in [5.74, 6) is 1.94. The van der Waals surface area contributed by atoms with Gasteiger partial charge < -0.3 is 14.8 Å². The molecule has 170 valence electrons. The van der Waals surface area contributed by atoms with Crippen molar-refractivity contribution >= 4 is 28.6 Å². The number of aryl methyl sites for hydroxylation is 1. The summed E-state index contributed by atoms with van der Waals surface area (Å²) < 4.78 is 2.01. The second-order valence-corrected chi connectivity index (χ2v) is 8.79. The minimum absolute atomic E-state index is 0.0920. The first-order chi connectivity index (χ1) is 16.5. The zero-order valence-corrected chi connectivity index (χ0v) is 19.2. The van der Waals surface area contributed by atoms with Crippen LogP contribution in [0, 0.1) is 11.3 Å². The van der Waals surface area contributed by atoms with Gasteiger partial charge >= 0.3 is 0 Å². The van der Waals surface area contributed by atoms with E-state index in [1.807, 2.05) is 22.8 Å². The number of hydrogen-bond acceptors (Lipinski definition) is 6. The third kappa shape index (κ3) is 4.59. The quantitative estimate of drug-likeness (QED) is 0.445. The minimum Gasteiger partial charge on any atom is -0.349 e. The summed E-state index contributed by atoms with van der Waals surface area (Å²) >= 11 is 0. The Labute approximate surface area is 197 Å². The Morgan fingerprint density at radius 1 is 1.15 bits per heavy atom. The van der Waals surface area contributed by atoms with Crippen LogP contribution < -0.4 is 5.32 Å². The SMILES string of the molecule is CN(C)C(=O)CCn1cnc2cc(-c3cc(C4CC4)cc(Nc4cc(C#N)ccn4)n3)ccc21. The highest BCUT2D eigenvalue weighted by molar-refractivity contribution is 5.82. The minimum atomic E-state index is 0.0920. The summed E-state index contributed by atoms with van der Waals surface area (Å²) in [4.78, 5) is 27.3. The van der Waals surface area contributed by atoms with Gasteiger partial charge in [0.25, 0.3) is 0 Å². The van der Waals surface area contributed by atoms with Crippen LogP contribution in [0.1, 0.15) is 36.3 Å². The maximum atomic E-state index is 12.0. The van der Waals surface area contributed by atoms with Gasteiger partial charge in [-0.05, 0) is 60.7 Å². The molecule has 1 aliphatic carbocycles. The van der Waals surface area contributed by atoms with Crippen LogP contribution in [0.2, 0.25) is 0 Å². The third-order valence-corrected chi connectivity index (χ3v) is 6.02.